The number of ether oxygens (including phenoxy) is 1. The molecule has 1 aromatic heterocycles. The van der Waals surface area contributed by atoms with Crippen molar-refractivity contribution in [3.05, 3.63) is 35.7 Å². The highest BCUT2D eigenvalue weighted by Gasteiger charge is 2.23. The smallest absolute Gasteiger partial charge is 0.318 e. The first kappa shape index (κ1) is 18.2. The van der Waals surface area contributed by atoms with Crippen LogP contribution in [0.4, 0.5) is 6.01 Å². The van der Waals surface area contributed by atoms with Gasteiger partial charge in [-0.05, 0) is 37.0 Å². The summed E-state index contributed by atoms with van der Waals surface area (Å²) in [5, 5.41) is 7.89. The van der Waals surface area contributed by atoms with Gasteiger partial charge >= 0.3 is 6.01 Å². The Hall–Kier alpha value is -2.57. The number of amides is 1. The van der Waals surface area contributed by atoms with E-state index >= 15 is 0 Å². The summed E-state index contributed by atoms with van der Waals surface area (Å²) in [4.78, 5) is 16.4. The molecule has 1 fully saturated rings. The molecule has 0 unspecified atom stereocenters. The number of nitrogens with zero attached hydrogens (tertiary/aromatic N) is 4. The van der Waals surface area contributed by atoms with Gasteiger partial charge in [-0.25, -0.2) is 0 Å². The summed E-state index contributed by atoms with van der Waals surface area (Å²) in [7, 11) is 1.67. The lowest BCUT2D eigenvalue weighted by molar-refractivity contribution is -0.131. The van der Waals surface area contributed by atoms with Gasteiger partial charge in [0.05, 0.1) is 7.11 Å². The second-order valence-corrected chi connectivity index (χ2v) is 6.53. The first-order valence-corrected chi connectivity index (χ1v) is 9.11. The molecular formula is C19H26N4O3. The van der Waals surface area contributed by atoms with E-state index in [1.165, 1.54) is 5.56 Å². The Balaban J connectivity index is 1.35. The number of benzene rings is 1. The standard InChI is InChI=1S/C19H26N4O3/c1-15-20-21-19(26-15)23-13-11-22(12-14-23)18(24)6-4-3-5-16-7-9-17(25-2)10-8-16/h7-10H,3-6,11-14H2,1-2H3. The lowest BCUT2D eigenvalue weighted by Gasteiger charge is -2.33. The van der Waals surface area contributed by atoms with E-state index < -0.39 is 0 Å². The van der Waals surface area contributed by atoms with Gasteiger partial charge in [0.1, 0.15) is 5.75 Å². The molecule has 0 N–H and O–H groups in total. The number of aromatic nitrogens is 2. The van der Waals surface area contributed by atoms with Crippen LogP contribution in [-0.2, 0) is 11.2 Å². The van der Waals surface area contributed by atoms with Gasteiger partial charge < -0.3 is 19.0 Å². The highest BCUT2D eigenvalue weighted by molar-refractivity contribution is 5.76. The second-order valence-electron chi connectivity index (χ2n) is 6.53. The molecule has 0 atom stereocenters. The Morgan fingerprint density at radius 3 is 2.46 bits per heavy atom. The van der Waals surface area contributed by atoms with Crippen molar-refractivity contribution in [3.8, 4) is 5.75 Å². The van der Waals surface area contributed by atoms with E-state index in [1.807, 2.05) is 21.9 Å². The zero-order valence-corrected chi connectivity index (χ0v) is 15.5. The molecule has 0 saturated carbocycles. The molecule has 26 heavy (non-hydrogen) atoms. The second kappa shape index (κ2) is 8.69. The Bertz CT molecular complexity index is 706. The lowest BCUT2D eigenvalue weighted by Crippen LogP contribution is -2.48. The van der Waals surface area contributed by atoms with Crippen LogP contribution in [0.1, 0.15) is 30.7 Å². The Labute approximate surface area is 153 Å². The van der Waals surface area contributed by atoms with Crippen LogP contribution in [0.25, 0.3) is 0 Å². The number of aryl methyl sites for hydroxylation is 2. The van der Waals surface area contributed by atoms with E-state index in [1.54, 1.807) is 14.0 Å². The molecule has 0 aliphatic carbocycles. The number of anilines is 1. The predicted octanol–water partition coefficient (Wildman–Crippen LogP) is 2.45. The average molecular weight is 358 g/mol. The quantitative estimate of drug-likeness (QED) is 0.708. The maximum absolute atomic E-state index is 12.4. The average Bonchev–Trinajstić information content (AvgIpc) is 3.12. The minimum atomic E-state index is 0.237. The van der Waals surface area contributed by atoms with Gasteiger partial charge in [-0.15, -0.1) is 5.10 Å². The molecule has 2 heterocycles. The maximum atomic E-state index is 12.4. The number of hydrogen-bond acceptors (Lipinski definition) is 6. The van der Waals surface area contributed by atoms with Crippen LogP contribution in [-0.4, -0.2) is 54.3 Å². The number of carbonyl (C=O) groups excluding carboxylic acids is 1. The molecule has 0 spiro atoms. The van der Waals surface area contributed by atoms with Crippen molar-refractivity contribution in [3.63, 3.8) is 0 Å². The molecule has 7 heteroatoms. The van der Waals surface area contributed by atoms with Crippen molar-refractivity contribution in [1.82, 2.24) is 15.1 Å². The Kier molecular flexibility index (Phi) is 6.09. The van der Waals surface area contributed by atoms with Crippen LogP contribution in [0.3, 0.4) is 0 Å². The number of rotatable bonds is 7. The third kappa shape index (κ3) is 4.74. The summed E-state index contributed by atoms with van der Waals surface area (Å²) in [6.45, 7) is 4.66. The number of methoxy groups -OCH3 is 1. The fraction of sp³-hybridized carbons (Fsp3) is 0.526. The number of hydrogen-bond donors (Lipinski definition) is 0. The SMILES string of the molecule is COc1ccc(CCCCC(=O)N2CCN(c3nnc(C)o3)CC2)cc1. The highest BCUT2D eigenvalue weighted by Crippen LogP contribution is 2.16. The van der Waals surface area contributed by atoms with Gasteiger partial charge in [0.2, 0.25) is 11.8 Å². The van der Waals surface area contributed by atoms with Crippen molar-refractivity contribution in [1.29, 1.82) is 0 Å². The summed E-state index contributed by atoms with van der Waals surface area (Å²) >= 11 is 0. The summed E-state index contributed by atoms with van der Waals surface area (Å²) in [5.74, 6) is 1.68. The molecule has 2 aromatic rings. The molecule has 1 aliphatic rings. The van der Waals surface area contributed by atoms with Crippen LogP contribution < -0.4 is 9.64 Å². The van der Waals surface area contributed by atoms with Crippen molar-refractivity contribution in [2.24, 2.45) is 0 Å². The van der Waals surface area contributed by atoms with Gasteiger partial charge in [-0.2, -0.15) is 0 Å². The fourth-order valence-electron chi connectivity index (χ4n) is 3.12. The Morgan fingerprint density at radius 2 is 1.85 bits per heavy atom. The van der Waals surface area contributed by atoms with Crippen molar-refractivity contribution in [2.75, 3.05) is 38.2 Å². The predicted molar refractivity (Wildman–Crippen MR) is 98.4 cm³/mol. The summed E-state index contributed by atoms with van der Waals surface area (Å²) < 4.78 is 10.6. The summed E-state index contributed by atoms with van der Waals surface area (Å²) in [6.07, 6.45) is 3.52. The molecule has 7 nitrogen and oxygen atoms in total. The van der Waals surface area contributed by atoms with E-state index in [4.69, 9.17) is 9.15 Å². The molecule has 0 radical (unpaired) electrons. The van der Waals surface area contributed by atoms with Crippen molar-refractivity contribution in [2.45, 2.75) is 32.6 Å². The topological polar surface area (TPSA) is 71.7 Å². The number of unbranched alkanes of at least 4 members (excludes halogenated alkanes) is 1. The maximum Gasteiger partial charge on any atom is 0.318 e. The molecule has 1 saturated heterocycles. The summed E-state index contributed by atoms with van der Waals surface area (Å²) in [6, 6.07) is 8.67. The van der Waals surface area contributed by atoms with Crippen LogP contribution in [0.15, 0.2) is 28.7 Å². The first-order chi connectivity index (χ1) is 12.7. The van der Waals surface area contributed by atoms with Crippen molar-refractivity contribution >= 4 is 11.9 Å². The van der Waals surface area contributed by atoms with E-state index in [2.05, 4.69) is 22.3 Å². The molecule has 1 amide bonds. The zero-order chi connectivity index (χ0) is 18.4. The van der Waals surface area contributed by atoms with Crippen LogP contribution in [0.2, 0.25) is 0 Å². The number of carbonyl (C=O) groups is 1. The molecule has 0 bridgehead atoms. The number of piperazine rings is 1. The highest BCUT2D eigenvalue weighted by atomic mass is 16.5. The van der Waals surface area contributed by atoms with E-state index in [-0.39, 0.29) is 5.91 Å². The fourth-order valence-corrected chi connectivity index (χ4v) is 3.12. The lowest BCUT2D eigenvalue weighted by atomic mass is 10.1. The van der Waals surface area contributed by atoms with Gasteiger partial charge in [0.25, 0.3) is 0 Å². The van der Waals surface area contributed by atoms with Gasteiger partial charge in [-0.3, -0.25) is 4.79 Å². The van der Waals surface area contributed by atoms with Gasteiger partial charge in [0, 0.05) is 39.5 Å². The van der Waals surface area contributed by atoms with E-state index in [9.17, 15) is 4.79 Å². The molecule has 1 aromatic carbocycles. The zero-order valence-electron chi connectivity index (χ0n) is 15.5. The third-order valence-corrected chi connectivity index (χ3v) is 4.68. The van der Waals surface area contributed by atoms with Crippen LogP contribution >= 0.6 is 0 Å². The van der Waals surface area contributed by atoms with E-state index in [0.29, 0.717) is 31.4 Å². The van der Waals surface area contributed by atoms with Crippen LogP contribution in [0, 0.1) is 6.92 Å². The van der Waals surface area contributed by atoms with Gasteiger partial charge in [-0.1, -0.05) is 17.2 Å². The summed E-state index contributed by atoms with van der Waals surface area (Å²) in [5.41, 5.74) is 1.28. The third-order valence-electron chi connectivity index (χ3n) is 4.68. The Morgan fingerprint density at radius 1 is 1.12 bits per heavy atom. The molecule has 3 rings (SSSR count). The minimum Gasteiger partial charge on any atom is -0.497 e. The largest absolute Gasteiger partial charge is 0.497 e. The molecule has 140 valence electrons. The monoisotopic (exact) mass is 358 g/mol. The molecule has 1 aliphatic heterocycles. The minimum absolute atomic E-state index is 0.237. The normalized spacial score (nSPS) is 14.5. The van der Waals surface area contributed by atoms with Crippen LogP contribution in [0.5, 0.6) is 5.75 Å². The van der Waals surface area contributed by atoms with E-state index in [0.717, 1.165) is 38.1 Å². The molecular weight excluding hydrogens is 332 g/mol. The van der Waals surface area contributed by atoms with Crippen molar-refractivity contribution < 1.29 is 13.9 Å². The first-order valence-electron chi connectivity index (χ1n) is 9.11. The van der Waals surface area contributed by atoms with Gasteiger partial charge in [0.15, 0.2) is 0 Å².